The summed E-state index contributed by atoms with van der Waals surface area (Å²) in [6, 6.07) is 22.2. The van der Waals surface area contributed by atoms with Gasteiger partial charge >= 0.3 is 0 Å². The fourth-order valence-corrected chi connectivity index (χ4v) is 3.12. The zero-order chi connectivity index (χ0) is 16.2. The van der Waals surface area contributed by atoms with E-state index in [2.05, 4.69) is 42.0 Å². The Balaban J connectivity index is 2.16. The molecule has 0 aliphatic rings. The minimum atomic E-state index is 0.571. The standard InChI is InChI=1S/C20H15Cl2N/c1-23-13-14-7-16(15-5-3-2-4-6-15)9-17(8-14)18-10-19(21)12-20(22)11-18/h2-12H,1,13H2. The molecular formula is C20H15Cl2N. The molecular weight excluding hydrogens is 325 g/mol. The van der Waals surface area contributed by atoms with Crippen molar-refractivity contribution in [3.63, 3.8) is 0 Å². The molecule has 0 amide bonds. The van der Waals surface area contributed by atoms with Crippen LogP contribution in [0.5, 0.6) is 0 Å². The van der Waals surface area contributed by atoms with Crippen LogP contribution in [0.2, 0.25) is 10.0 Å². The van der Waals surface area contributed by atoms with Crippen LogP contribution in [0.1, 0.15) is 5.56 Å². The number of benzene rings is 3. The zero-order valence-corrected chi connectivity index (χ0v) is 14.0. The molecule has 0 saturated heterocycles. The Bertz CT molecular complexity index is 821. The maximum atomic E-state index is 6.14. The maximum absolute atomic E-state index is 6.14. The van der Waals surface area contributed by atoms with Gasteiger partial charge in [-0.3, -0.25) is 4.99 Å². The lowest BCUT2D eigenvalue weighted by molar-refractivity contribution is 1.08. The van der Waals surface area contributed by atoms with Crippen molar-refractivity contribution in [3.05, 3.63) is 82.3 Å². The van der Waals surface area contributed by atoms with E-state index < -0.39 is 0 Å². The van der Waals surface area contributed by atoms with Crippen LogP contribution >= 0.6 is 23.2 Å². The van der Waals surface area contributed by atoms with Crippen LogP contribution in [0.25, 0.3) is 22.3 Å². The number of nitrogens with zero attached hydrogens (tertiary/aromatic N) is 1. The van der Waals surface area contributed by atoms with Gasteiger partial charge in [-0.1, -0.05) is 53.5 Å². The van der Waals surface area contributed by atoms with Crippen LogP contribution in [-0.4, -0.2) is 6.72 Å². The molecule has 0 heterocycles. The molecule has 3 aromatic rings. The van der Waals surface area contributed by atoms with Crippen molar-refractivity contribution in [2.24, 2.45) is 4.99 Å². The molecule has 3 aromatic carbocycles. The molecule has 0 N–H and O–H groups in total. The monoisotopic (exact) mass is 339 g/mol. The fraction of sp³-hybridized carbons (Fsp3) is 0.0500. The average molecular weight is 340 g/mol. The Morgan fingerprint density at radius 3 is 1.87 bits per heavy atom. The molecule has 0 radical (unpaired) electrons. The Hall–Kier alpha value is -2.09. The highest BCUT2D eigenvalue weighted by Gasteiger charge is 2.07. The minimum Gasteiger partial charge on any atom is -0.296 e. The first-order valence-electron chi connectivity index (χ1n) is 7.24. The summed E-state index contributed by atoms with van der Waals surface area (Å²) in [6.45, 7) is 4.17. The molecule has 1 nitrogen and oxygen atoms in total. The SMILES string of the molecule is C=NCc1cc(-c2ccccc2)cc(-c2cc(Cl)cc(Cl)c2)c1. The van der Waals surface area contributed by atoms with E-state index in [9.17, 15) is 0 Å². The normalized spacial score (nSPS) is 10.5. The molecule has 3 rings (SSSR count). The highest BCUT2D eigenvalue weighted by molar-refractivity contribution is 6.35. The van der Waals surface area contributed by atoms with Gasteiger partial charge in [-0.15, -0.1) is 0 Å². The lowest BCUT2D eigenvalue weighted by atomic mass is 9.96. The molecule has 0 unspecified atom stereocenters. The molecule has 0 atom stereocenters. The van der Waals surface area contributed by atoms with E-state index in [1.807, 2.05) is 30.3 Å². The van der Waals surface area contributed by atoms with Gasteiger partial charge in [0.25, 0.3) is 0 Å². The number of hydrogen-bond donors (Lipinski definition) is 0. The van der Waals surface area contributed by atoms with Crippen LogP contribution in [-0.2, 0) is 6.54 Å². The van der Waals surface area contributed by atoms with Gasteiger partial charge in [-0.25, -0.2) is 0 Å². The van der Waals surface area contributed by atoms with Gasteiger partial charge in [0.2, 0.25) is 0 Å². The van der Waals surface area contributed by atoms with Crippen LogP contribution in [0.3, 0.4) is 0 Å². The van der Waals surface area contributed by atoms with Gasteiger partial charge in [-0.05, 0) is 70.9 Å². The summed E-state index contributed by atoms with van der Waals surface area (Å²) in [6.07, 6.45) is 0. The summed E-state index contributed by atoms with van der Waals surface area (Å²) in [7, 11) is 0. The van der Waals surface area contributed by atoms with E-state index in [1.165, 1.54) is 0 Å². The third-order valence-electron chi connectivity index (χ3n) is 3.59. The predicted molar refractivity (Wildman–Crippen MR) is 101 cm³/mol. The summed E-state index contributed by atoms with van der Waals surface area (Å²) < 4.78 is 0. The van der Waals surface area contributed by atoms with E-state index in [-0.39, 0.29) is 0 Å². The van der Waals surface area contributed by atoms with Crippen molar-refractivity contribution in [1.29, 1.82) is 0 Å². The van der Waals surface area contributed by atoms with E-state index in [4.69, 9.17) is 23.2 Å². The summed E-state index contributed by atoms with van der Waals surface area (Å²) in [5, 5.41) is 1.25. The molecule has 23 heavy (non-hydrogen) atoms. The molecule has 0 bridgehead atoms. The van der Waals surface area contributed by atoms with Crippen molar-refractivity contribution >= 4 is 29.9 Å². The van der Waals surface area contributed by atoms with E-state index in [1.54, 1.807) is 6.07 Å². The quantitative estimate of drug-likeness (QED) is 0.479. The third kappa shape index (κ3) is 3.82. The van der Waals surface area contributed by atoms with Gasteiger partial charge in [0.05, 0.1) is 6.54 Å². The molecule has 3 heteroatoms. The van der Waals surface area contributed by atoms with Gasteiger partial charge < -0.3 is 0 Å². The average Bonchev–Trinajstić information content (AvgIpc) is 2.55. The molecule has 0 spiro atoms. The second kappa shape index (κ2) is 6.99. The van der Waals surface area contributed by atoms with Crippen LogP contribution in [0.15, 0.2) is 71.7 Å². The maximum Gasteiger partial charge on any atom is 0.0632 e. The Morgan fingerprint density at radius 2 is 1.26 bits per heavy atom. The Kier molecular flexibility index (Phi) is 4.80. The minimum absolute atomic E-state index is 0.571. The second-order valence-electron chi connectivity index (χ2n) is 5.32. The fourth-order valence-electron chi connectivity index (χ4n) is 2.60. The van der Waals surface area contributed by atoms with Crippen molar-refractivity contribution in [1.82, 2.24) is 0 Å². The number of halogens is 2. The first kappa shape index (κ1) is 15.8. The van der Waals surface area contributed by atoms with Crippen molar-refractivity contribution in [2.75, 3.05) is 0 Å². The van der Waals surface area contributed by atoms with Gasteiger partial charge in [-0.2, -0.15) is 0 Å². The van der Waals surface area contributed by atoms with Crippen LogP contribution < -0.4 is 0 Å². The zero-order valence-electron chi connectivity index (χ0n) is 12.5. The highest BCUT2D eigenvalue weighted by Crippen LogP contribution is 2.31. The molecule has 0 aromatic heterocycles. The third-order valence-corrected chi connectivity index (χ3v) is 4.03. The first-order chi connectivity index (χ1) is 11.2. The molecule has 114 valence electrons. The van der Waals surface area contributed by atoms with Crippen molar-refractivity contribution < 1.29 is 0 Å². The number of rotatable bonds is 4. The molecule has 0 saturated carbocycles. The molecule has 0 aliphatic carbocycles. The summed E-state index contributed by atoms with van der Waals surface area (Å²) in [5.74, 6) is 0. The van der Waals surface area contributed by atoms with Gasteiger partial charge in [0.1, 0.15) is 0 Å². The predicted octanol–water partition coefficient (Wildman–Crippen LogP) is 6.53. The second-order valence-corrected chi connectivity index (χ2v) is 6.20. The summed E-state index contributed by atoms with van der Waals surface area (Å²) in [5.41, 5.74) is 5.46. The van der Waals surface area contributed by atoms with E-state index in [0.717, 1.165) is 27.8 Å². The summed E-state index contributed by atoms with van der Waals surface area (Å²) in [4.78, 5) is 4.01. The number of hydrogen-bond acceptors (Lipinski definition) is 1. The van der Waals surface area contributed by atoms with Gasteiger partial charge in [0, 0.05) is 10.0 Å². The van der Waals surface area contributed by atoms with Crippen molar-refractivity contribution in [3.8, 4) is 22.3 Å². The van der Waals surface area contributed by atoms with E-state index in [0.29, 0.717) is 16.6 Å². The molecule has 0 fully saturated rings. The topological polar surface area (TPSA) is 12.4 Å². The van der Waals surface area contributed by atoms with Crippen LogP contribution in [0.4, 0.5) is 0 Å². The van der Waals surface area contributed by atoms with Crippen LogP contribution in [0, 0.1) is 0 Å². The smallest absolute Gasteiger partial charge is 0.0632 e. The van der Waals surface area contributed by atoms with E-state index >= 15 is 0 Å². The highest BCUT2D eigenvalue weighted by atomic mass is 35.5. The molecule has 0 aliphatic heterocycles. The first-order valence-corrected chi connectivity index (χ1v) is 7.99. The lowest BCUT2D eigenvalue weighted by Crippen LogP contribution is -1.88. The lowest BCUT2D eigenvalue weighted by Gasteiger charge is -2.10. The summed E-state index contributed by atoms with van der Waals surface area (Å²) >= 11 is 12.3. The Morgan fingerprint density at radius 1 is 0.696 bits per heavy atom. The van der Waals surface area contributed by atoms with Gasteiger partial charge in [0.15, 0.2) is 0 Å². The van der Waals surface area contributed by atoms with Crippen molar-refractivity contribution in [2.45, 2.75) is 6.54 Å². The largest absolute Gasteiger partial charge is 0.296 e. The number of aliphatic imine (C=N–C) groups is 1. The Labute approximate surface area is 146 Å².